The van der Waals surface area contributed by atoms with Crippen molar-refractivity contribution in [2.75, 3.05) is 5.32 Å². The van der Waals surface area contributed by atoms with E-state index in [0.29, 0.717) is 5.69 Å². The molecule has 68 valence electrons. The van der Waals surface area contributed by atoms with E-state index >= 15 is 0 Å². The molecule has 1 aromatic carbocycles. The molecule has 0 aromatic heterocycles. The van der Waals surface area contributed by atoms with Gasteiger partial charge < -0.3 is 10.4 Å². The molecule has 0 bridgehead atoms. The maximum absolute atomic E-state index is 9.42. The maximum Gasteiger partial charge on any atom is 0.139 e. The van der Waals surface area contributed by atoms with Gasteiger partial charge in [-0.25, -0.2) is 0 Å². The SMILES string of the molecule is Cl.Oc1cccc2c1NC=CN=C2. The summed E-state index contributed by atoms with van der Waals surface area (Å²) in [6, 6.07) is 5.31. The third-order valence-electron chi connectivity index (χ3n) is 1.68. The number of rotatable bonds is 0. The van der Waals surface area contributed by atoms with Gasteiger partial charge in [-0.3, -0.25) is 4.99 Å². The number of nitrogens with zero attached hydrogens (tertiary/aromatic N) is 1. The van der Waals surface area contributed by atoms with E-state index in [1.165, 1.54) is 0 Å². The van der Waals surface area contributed by atoms with E-state index in [1.807, 2.05) is 6.07 Å². The Morgan fingerprint density at radius 2 is 2.15 bits per heavy atom. The van der Waals surface area contributed by atoms with E-state index in [1.54, 1.807) is 30.7 Å². The van der Waals surface area contributed by atoms with Crippen molar-refractivity contribution in [3.63, 3.8) is 0 Å². The Morgan fingerprint density at radius 1 is 1.31 bits per heavy atom. The highest BCUT2D eigenvalue weighted by molar-refractivity contribution is 5.91. The van der Waals surface area contributed by atoms with Crippen molar-refractivity contribution in [2.24, 2.45) is 4.99 Å². The Bertz CT molecular complexity index is 361. The first-order valence-electron chi connectivity index (χ1n) is 3.64. The molecule has 0 aliphatic carbocycles. The van der Waals surface area contributed by atoms with Crippen LogP contribution in [0.1, 0.15) is 5.56 Å². The highest BCUT2D eigenvalue weighted by Crippen LogP contribution is 2.26. The summed E-state index contributed by atoms with van der Waals surface area (Å²) in [7, 11) is 0. The van der Waals surface area contributed by atoms with Crippen LogP contribution in [-0.2, 0) is 0 Å². The van der Waals surface area contributed by atoms with Gasteiger partial charge in [-0.1, -0.05) is 12.1 Å². The normalized spacial score (nSPS) is 12.3. The van der Waals surface area contributed by atoms with Crippen molar-refractivity contribution >= 4 is 24.3 Å². The van der Waals surface area contributed by atoms with Gasteiger partial charge in [-0.2, -0.15) is 0 Å². The summed E-state index contributed by atoms with van der Waals surface area (Å²) >= 11 is 0. The number of aliphatic imine (C=N–C) groups is 1. The van der Waals surface area contributed by atoms with Gasteiger partial charge in [0.25, 0.3) is 0 Å². The second kappa shape index (κ2) is 3.96. The molecule has 0 fully saturated rings. The molecular formula is C9H9ClN2O. The van der Waals surface area contributed by atoms with Crippen molar-refractivity contribution in [3.8, 4) is 5.75 Å². The van der Waals surface area contributed by atoms with Gasteiger partial charge in [0.2, 0.25) is 0 Å². The van der Waals surface area contributed by atoms with E-state index in [4.69, 9.17) is 0 Å². The first-order chi connectivity index (χ1) is 5.88. The monoisotopic (exact) mass is 196 g/mol. The lowest BCUT2D eigenvalue weighted by Crippen LogP contribution is -1.91. The molecule has 2 N–H and O–H groups in total. The molecule has 0 amide bonds. The molecule has 13 heavy (non-hydrogen) atoms. The van der Waals surface area contributed by atoms with Gasteiger partial charge in [-0.15, -0.1) is 12.4 Å². The van der Waals surface area contributed by atoms with Gasteiger partial charge in [-0.05, 0) is 6.07 Å². The van der Waals surface area contributed by atoms with Crippen LogP contribution in [0, 0.1) is 0 Å². The number of phenols is 1. The number of nitrogens with one attached hydrogen (secondary N) is 1. The average Bonchev–Trinajstić information content (AvgIpc) is 2.30. The Kier molecular flexibility index (Phi) is 2.93. The second-order valence-electron chi connectivity index (χ2n) is 2.48. The van der Waals surface area contributed by atoms with Gasteiger partial charge in [0, 0.05) is 24.2 Å². The molecule has 0 spiro atoms. The molecule has 1 aliphatic heterocycles. The summed E-state index contributed by atoms with van der Waals surface area (Å²) in [6.07, 6.45) is 5.02. The number of hydrogen-bond donors (Lipinski definition) is 2. The first kappa shape index (κ1) is 9.61. The molecule has 2 rings (SSSR count). The quantitative estimate of drug-likeness (QED) is 0.625. The molecule has 0 saturated carbocycles. The van der Waals surface area contributed by atoms with Crippen LogP contribution in [0.15, 0.2) is 35.6 Å². The summed E-state index contributed by atoms with van der Waals surface area (Å²) in [5, 5.41) is 12.4. The van der Waals surface area contributed by atoms with E-state index < -0.39 is 0 Å². The van der Waals surface area contributed by atoms with Crippen LogP contribution in [0.5, 0.6) is 5.75 Å². The number of para-hydroxylation sites is 1. The Morgan fingerprint density at radius 3 is 3.00 bits per heavy atom. The standard InChI is InChI=1S/C9H8N2O.ClH/c12-8-3-1-2-7-6-10-4-5-11-9(7)8;/h1-6,11-12H;1H. The molecule has 0 saturated heterocycles. The number of hydrogen-bond acceptors (Lipinski definition) is 3. The van der Waals surface area contributed by atoms with Crippen LogP contribution in [-0.4, -0.2) is 11.3 Å². The largest absolute Gasteiger partial charge is 0.506 e. The Labute approximate surface area is 82.2 Å². The number of halogens is 1. The predicted molar refractivity (Wildman–Crippen MR) is 55.7 cm³/mol. The van der Waals surface area contributed by atoms with E-state index in [9.17, 15) is 5.11 Å². The minimum absolute atomic E-state index is 0. The van der Waals surface area contributed by atoms with Crippen LogP contribution in [0.3, 0.4) is 0 Å². The summed E-state index contributed by atoms with van der Waals surface area (Å²) in [5.41, 5.74) is 1.59. The predicted octanol–water partition coefficient (Wildman–Crippen LogP) is 2.13. The first-order valence-corrected chi connectivity index (χ1v) is 3.64. The zero-order valence-electron chi connectivity index (χ0n) is 6.77. The lowest BCUT2D eigenvalue weighted by Gasteiger charge is -2.05. The van der Waals surface area contributed by atoms with Gasteiger partial charge in [0.05, 0.1) is 5.69 Å². The lowest BCUT2D eigenvalue weighted by molar-refractivity contribution is 0.477. The third kappa shape index (κ3) is 1.81. The van der Waals surface area contributed by atoms with Crippen LogP contribution < -0.4 is 5.32 Å². The summed E-state index contributed by atoms with van der Waals surface area (Å²) in [5.74, 6) is 0.241. The number of phenolic OH excluding ortho intramolecular Hbond substituents is 1. The maximum atomic E-state index is 9.42. The van der Waals surface area contributed by atoms with Gasteiger partial charge >= 0.3 is 0 Å². The van der Waals surface area contributed by atoms with Crippen LogP contribution in [0.2, 0.25) is 0 Å². The average molecular weight is 197 g/mol. The van der Waals surface area contributed by atoms with E-state index in [0.717, 1.165) is 5.56 Å². The summed E-state index contributed by atoms with van der Waals surface area (Å²) in [4.78, 5) is 3.97. The molecule has 3 nitrogen and oxygen atoms in total. The summed E-state index contributed by atoms with van der Waals surface area (Å²) < 4.78 is 0. The van der Waals surface area contributed by atoms with Crippen molar-refractivity contribution in [1.29, 1.82) is 0 Å². The number of anilines is 1. The molecule has 0 radical (unpaired) electrons. The van der Waals surface area contributed by atoms with Gasteiger partial charge in [0.15, 0.2) is 0 Å². The molecule has 0 atom stereocenters. The fourth-order valence-electron chi connectivity index (χ4n) is 1.11. The van der Waals surface area contributed by atoms with Crippen molar-refractivity contribution in [2.45, 2.75) is 0 Å². The van der Waals surface area contributed by atoms with Crippen LogP contribution in [0.4, 0.5) is 5.69 Å². The molecule has 1 aliphatic rings. The van der Waals surface area contributed by atoms with Gasteiger partial charge in [0.1, 0.15) is 5.75 Å². The fraction of sp³-hybridized carbons (Fsp3) is 0. The number of aromatic hydroxyl groups is 1. The number of benzene rings is 1. The fourth-order valence-corrected chi connectivity index (χ4v) is 1.11. The van der Waals surface area contributed by atoms with Crippen molar-refractivity contribution in [3.05, 3.63) is 36.2 Å². The minimum Gasteiger partial charge on any atom is -0.506 e. The highest BCUT2D eigenvalue weighted by atomic mass is 35.5. The van der Waals surface area contributed by atoms with Crippen molar-refractivity contribution < 1.29 is 5.11 Å². The highest BCUT2D eigenvalue weighted by Gasteiger charge is 2.04. The van der Waals surface area contributed by atoms with Crippen molar-refractivity contribution in [1.82, 2.24) is 0 Å². The van der Waals surface area contributed by atoms with Crippen LogP contribution in [0.25, 0.3) is 0 Å². The zero-order valence-corrected chi connectivity index (χ0v) is 7.58. The molecule has 1 aromatic rings. The van der Waals surface area contributed by atoms with Crippen LogP contribution >= 0.6 is 12.4 Å². The van der Waals surface area contributed by atoms with E-state index in [-0.39, 0.29) is 18.2 Å². The molecule has 0 unspecified atom stereocenters. The Balaban J connectivity index is 0.000000845. The third-order valence-corrected chi connectivity index (χ3v) is 1.68. The molecule has 1 heterocycles. The molecular weight excluding hydrogens is 188 g/mol. The zero-order chi connectivity index (χ0) is 8.39. The van der Waals surface area contributed by atoms with E-state index in [2.05, 4.69) is 10.3 Å². The lowest BCUT2D eigenvalue weighted by atomic mass is 10.2. The topological polar surface area (TPSA) is 44.6 Å². The smallest absolute Gasteiger partial charge is 0.139 e. The molecule has 4 heteroatoms. The Hall–Kier alpha value is -1.48. The minimum atomic E-state index is 0. The summed E-state index contributed by atoms with van der Waals surface area (Å²) in [6.45, 7) is 0. The second-order valence-corrected chi connectivity index (χ2v) is 2.48. The number of fused-ring (bicyclic) bond motifs is 1.